The lowest BCUT2D eigenvalue weighted by Gasteiger charge is -2.12. The fourth-order valence-electron chi connectivity index (χ4n) is 2.56. The van der Waals surface area contributed by atoms with E-state index in [1.807, 2.05) is 13.8 Å². The highest BCUT2D eigenvalue weighted by atomic mass is 19.1. The number of nitrogens with one attached hydrogen (secondary N) is 2. The maximum Gasteiger partial charge on any atom is 0.256 e. The minimum absolute atomic E-state index is 0.267. The van der Waals surface area contributed by atoms with Crippen molar-refractivity contribution in [3.8, 4) is 5.75 Å². The second-order valence-electron chi connectivity index (χ2n) is 5.35. The lowest BCUT2D eigenvalue weighted by molar-refractivity contribution is 0.0948. The van der Waals surface area contributed by atoms with Gasteiger partial charge in [-0.15, -0.1) is 0 Å². The summed E-state index contributed by atoms with van der Waals surface area (Å²) in [5.41, 5.74) is 1.52. The SMILES string of the molecule is CC.CF.O=C1NCCOc2ccc(F)cc2CNc2ccn3ncc1c3n2. The summed E-state index contributed by atoms with van der Waals surface area (Å²) in [7, 11) is 0.500. The summed E-state index contributed by atoms with van der Waals surface area (Å²) >= 11 is 0. The first kappa shape index (κ1) is 21.1. The molecular weight excluding hydrogens is 368 g/mol. The number of carbonyl (C=O) groups is 1. The van der Waals surface area contributed by atoms with E-state index in [0.29, 0.717) is 48.6 Å². The maximum atomic E-state index is 13.5. The Morgan fingerprint density at radius 1 is 1.18 bits per heavy atom. The summed E-state index contributed by atoms with van der Waals surface area (Å²) in [5, 5.41) is 10.0. The van der Waals surface area contributed by atoms with Gasteiger partial charge in [-0.05, 0) is 24.3 Å². The molecule has 0 fully saturated rings. The van der Waals surface area contributed by atoms with E-state index in [1.165, 1.54) is 22.8 Å². The molecule has 0 aliphatic carbocycles. The van der Waals surface area contributed by atoms with Crippen LogP contribution in [0.4, 0.5) is 14.6 Å². The highest BCUT2D eigenvalue weighted by Gasteiger charge is 2.15. The number of anilines is 1. The van der Waals surface area contributed by atoms with E-state index in [-0.39, 0.29) is 18.3 Å². The molecule has 3 aromatic rings. The number of amides is 1. The van der Waals surface area contributed by atoms with Crippen LogP contribution in [0.1, 0.15) is 29.8 Å². The van der Waals surface area contributed by atoms with E-state index in [9.17, 15) is 13.6 Å². The summed E-state index contributed by atoms with van der Waals surface area (Å²) in [6, 6.07) is 6.08. The Morgan fingerprint density at radius 3 is 2.75 bits per heavy atom. The van der Waals surface area contributed by atoms with Gasteiger partial charge in [-0.25, -0.2) is 13.9 Å². The molecule has 150 valence electrons. The number of benzene rings is 1. The van der Waals surface area contributed by atoms with Crippen LogP contribution < -0.4 is 15.4 Å². The monoisotopic (exact) mass is 391 g/mol. The molecule has 1 aliphatic heterocycles. The van der Waals surface area contributed by atoms with Gasteiger partial charge in [-0.2, -0.15) is 5.10 Å². The predicted octanol–water partition coefficient (Wildman–Crippen LogP) is 3.21. The molecule has 2 N–H and O–H groups in total. The van der Waals surface area contributed by atoms with Gasteiger partial charge < -0.3 is 15.4 Å². The molecule has 3 heterocycles. The first-order chi connectivity index (χ1) is 13.7. The van der Waals surface area contributed by atoms with E-state index in [2.05, 4.69) is 20.7 Å². The van der Waals surface area contributed by atoms with Gasteiger partial charge in [0.2, 0.25) is 0 Å². The van der Waals surface area contributed by atoms with Crippen LogP contribution in [0, 0.1) is 5.82 Å². The summed E-state index contributed by atoms with van der Waals surface area (Å²) < 4.78 is 30.2. The van der Waals surface area contributed by atoms with Crippen LogP contribution >= 0.6 is 0 Å². The second-order valence-corrected chi connectivity index (χ2v) is 5.35. The Kier molecular flexibility index (Phi) is 7.67. The molecule has 1 amide bonds. The van der Waals surface area contributed by atoms with Crippen molar-refractivity contribution >= 4 is 17.4 Å². The van der Waals surface area contributed by atoms with E-state index in [4.69, 9.17) is 4.74 Å². The standard InChI is InChI=1S/C16H14FN5O2.C2H6.CH3F/c17-11-1-2-13-10(7-11)8-19-14-3-5-22-15(21-14)12(9-20-22)16(23)18-4-6-24-13;2*1-2/h1-3,5,7,9H,4,6,8H2,(H,18,23)(H,19,21);1-2H3;1H3. The van der Waals surface area contributed by atoms with Crippen molar-refractivity contribution in [2.75, 3.05) is 25.6 Å². The van der Waals surface area contributed by atoms with Gasteiger partial charge >= 0.3 is 0 Å². The summed E-state index contributed by atoms with van der Waals surface area (Å²) in [5.74, 6) is 0.531. The molecule has 0 atom stereocenters. The topological polar surface area (TPSA) is 80.5 Å². The second kappa shape index (κ2) is 10.2. The predicted molar refractivity (Wildman–Crippen MR) is 103 cm³/mol. The summed E-state index contributed by atoms with van der Waals surface area (Å²) in [6.07, 6.45) is 3.19. The first-order valence-electron chi connectivity index (χ1n) is 8.86. The molecular formula is C19H23F2N5O2. The number of ether oxygens (including phenoxy) is 1. The van der Waals surface area contributed by atoms with E-state index < -0.39 is 0 Å². The van der Waals surface area contributed by atoms with Crippen molar-refractivity contribution in [3.63, 3.8) is 0 Å². The third-order valence-electron chi connectivity index (χ3n) is 3.74. The number of carbonyl (C=O) groups excluding carboxylic acids is 1. The van der Waals surface area contributed by atoms with Crippen LogP contribution in [0.15, 0.2) is 36.7 Å². The summed E-state index contributed by atoms with van der Waals surface area (Å²) in [6.45, 7) is 4.95. The number of nitrogens with zero attached hydrogens (tertiary/aromatic N) is 3. The minimum atomic E-state index is -0.335. The fourth-order valence-corrected chi connectivity index (χ4v) is 2.56. The van der Waals surface area contributed by atoms with Crippen LogP contribution in [-0.4, -0.2) is 40.8 Å². The average molecular weight is 391 g/mol. The van der Waals surface area contributed by atoms with E-state index in [1.54, 1.807) is 18.3 Å². The molecule has 0 unspecified atom stereocenters. The molecule has 1 aliphatic rings. The van der Waals surface area contributed by atoms with Crippen LogP contribution in [-0.2, 0) is 6.54 Å². The largest absolute Gasteiger partial charge is 0.491 e. The van der Waals surface area contributed by atoms with Crippen molar-refractivity contribution in [1.29, 1.82) is 0 Å². The van der Waals surface area contributed by atoms with Crippen LogP contribution in [0.2, 0.25) is 0 Å². The molecule has 0 saturated heterocycles. The van der Waals surface area contributed by atoms with Gasteiger partial charge in [0.05, 0.1) is 19.9 Å². The highest BCUT2D eigenvalue weighted by molar-refractivity contribution is 5.99. The van der Waals surface area contributed by atoms with Crippen molar-refractivity contribution in [1.82, 2.24) is 19.9 Å². The number of fused-ring (bicyclic) bond motifs is 2. The molecule has 1 aromatic carbocycles. The average Bonchev–Trinajstić information content (AvgIpc) is 3.16. The number of halogens is 2. The first-order valence-corrected chi connectivity index (χ1v) is 8.86. The minimum Gasteiger partial charge on any atom is -0.491 e. The number of hydrogen-bond acceptors (Lipinski definition) is 5. The molecule has 2 bridgehead atoms. The zero-order chi connectivity index (χ0) is 20.5. The zero-order valence-corrected chi connectivity index (χ0v) is 16.0. The number of hydrogen-bond donors (Lipinski definition) is 2. The van der Waals surface area contributed by atoms with E-state index in [0.717, 1.165) is 0 Å². The van der Waals surface area contributed by atoms with Crippen molar-refractivity contribution in [2.45, 2.75) is 20.4 Å². The van der Waals surface area contributed by atoms with Crippen molar-refractivity contribution < 1.29 is 18.3 Å². The number of alkyl halides is 1. The zero-order valence-electron chi connectivity index (χ0n) is 16.0. The summed E-state index contributed by atoms with van der Waals surface area (Å²) in [4.78, 5) is 16.7. The number of aromatic nitrogens is 3. The molecule has 9 heteroatoms. The molecule has 0 spiro atoms. The Bertz CT molecular complexity index is 930. The number of rotatable bonds is 0. The molecule has 4 rings (SSSR count). The fraction of sp³-hybridized carbons (Fsp3) is 0.316. The molecule has 28 heavy (non-hydrogen) atoms. The maximum absolute atomic E-state index is 13.5. The molecule has 0 saturated carbocycles. The van der Waals surface area contributed by atoms with Gasteiger partial charge in [0.15, 0.2) is 5.65 Å². The Hall–Kier alpha value is -3.23. The Balaban J connectivity index is 0.000000660. The third-order valence-corrected chi connectivity index (χ3v) is 3.74. The van der Waals surface area contributed by atoms with Gasteiger partial charge in [0.1, 0.15) is 29.6 Å². The van der Waals surface area contributed by atoms with Crippen LogP contribution in [0.3, 0.4) is 0 Å². The van der Waals surface area contributed by atoms with Crippen LogP contribution in [0.25, 0.3) is 5.65 Å². The van der Waals surface area contributed by atoms with Crippen molar-refractivity contribution in [3.05, 3.63) is 53.6 Å². The normalized spacial score (nSPS) is 13.0. The quantitative estimate of drug-likeness (QED) is 0.615. The van der Waals surface area contributed by atoms with Gasteiger partial charge in [-0.3, -0.25) is 9.18 Å². The molecule has 0 radical (unpaired) electrons. The third kappa shape index (κ3) is 4.73. The van der Waals surface area contributed by atoms with Gasteiger partial charge in [-0.1, -0.05) is 13.8 Å². The van der Waals surface area contributed by atoms with Gasteiger partial charge in [0, 0.05) is 18.3 Å². The smallest absolute Gasteiger partial charge is 0.256 e. The van der Waals surface area contributed by atoms with Gasteiger partial charge in [0.25, 0.3) is 5.91 Å². The van der Waals surface area contributed by atoms with Crippen LogP contribution in [0.5, 0.6) is 5.75 Å². The highest BCUT2D eigenvalue weighted by Crippen LogP contribution is 2.21. The lowest BCUT2D eigenvalue weighted by atomic mass is 10.2. The molecule has 7 nitrogen and oxygen atoms in total. The Morgan fingerprint density at radius 2 is 1.96 bits per heavy atom. The van der Waals surface area contributed by atoms with E-state index >= 15 is 0 Å². The van der Waals surface area contributed by atoms with Crippen molar-refractivity contribution in [2.24, 2.45) is 0 Å². The Labute approximate surface area is 161 Å². The lowest BCUT2D eigenvalue weighted by Crippen LogP contribution is -2.28. The molecule has 2 aromatic heterocycles.